The van der Waals surface area contributed by atoms with Crippen molar-refractivity contribution in [3.8, 4) is 27.9 Å². The lowest BCUT2D eigenvalue weighted by Crippen LogP contribution is -2.40. The topological polar surface area (TPSA) is 178 Å². The van der Waals surface area contributed by atoms with E-state index >= 15 is 0 Å². The monoisotopic (exact) mass is 585 g/mol. The second-order valence-electron chi connectivity index (χ2n) is 9.26. The number of benzene rings is 2. The molecule has 2 aromatic heterocycles. The highest BCUT2D eigenvalue weighted by atomic mass is 32.1. The zero-order valence-electron chi connectivity index (χ0n) is 21.6. The van der Waals surface area contributed by atoms with E-state index in [4.69, 9.17) is 15.0 Å². The van der Waals surface area contributed by atoms with E-state index in [9.17, 15) is 23.5 Å². The molecule has 6 N–H and O–H groups in total. The van der Waals surface area contributed by atoms with Gasteiger partial charge in [0.15, 0.2) is 5.13 Å². The number of methoxy groups -OCH3 is 1. The van der Waals surface area contributed by atoms with Crippen LogP contribution in [-0.2, 0) is 0 Å². The molecule has 1 aliphatic rings. The zero-order chi connectivity index (χ0) is 29.1. The largest absolute Gasteiger partial charge is 0.497 e. The Hall–Kier alpha value is -4.63. The van der Waals surface area contributed by atoms with E-state index in [1.807, 2.05) is 0 Å². The number of anilines is 3. The lowest BCUT2D eigenvalue weighted by molar-refractivity contribution is 0.102. The maximum Gasteiger partial charge on any atom is 0.321 e. The summed E-state index contributed by atoms with van der Waals surface area (Å²) in [5.41, 5.74) is 5.66. The molecule has 0 bridgehead atoms. The average Bonchev–Trinajstić information content (AvgIpc) is 3.57. The van der Waals surface area contributed by atoms with Crippen molar-refractivity contribution in [2.45, 2.75) is 37.8 Å². The van der Waals surface area contributed by atoms with E-state index in [0.29, 0.717) is 37.5 Å². The first-order valence-electron chi connectivity index (χ1n) is 12.5. The van der Waals surface area contributed by atoms with Crippen molar-refractivity contribution in [1.29, 1.82) is 0 Å². The predicted octanol–water partition coefficient (Wildman–Crippen LogP) is 4.41. The minimum atomic E-state index is -1.00. The second kappa shape index (κ2) is 11.9. The number of nitrogen functional groups attached to an aromatic ring is 1. The number of hydrogen-bond donors (Lipinski definition) is 5. The van der Waals surface area contributed by atoms with E-state index in [2.05, 4.69) is 31.1 Å². The molecule has 0 atom stereocenters. The molecular formula is C26H25F2N7O5S. The Bertz CT molecular complexity index is 1590. The van der Waals surface area contributed by atoms with Crippen LogP contribution in [0.3, 0.4) is 0 Å². The van der Waals surface area contributed by atoms with E-state index < -0.39 is 23.6 Å². The van der Waals surface area contributed by atoms with Crippen LogP contribution in [0, 0.1) is 11.6 Å². The van der Waals surface area contributed by atoms with Crippen LogP contribution in [0.25, 0.3) is 22.2 Å². The maximum absolute atomic E-state index is 14.7. The summed E-state index contributed by atoms with van der Waals surface area (Å²) >= 11 is 0.965. The van der Waals surface area contributed by atoms with Gasteiger partial charge in [-0.3, -0.25) is 10.1 Å². The number of halogens is 2. The van der Waals surface area contributed by atoms with E-state index in [1.165, 1.54) is 19.2 Å². The molecule has 15 heteroatoms. The van der Waals surface area contributed by atoms with Crippen molar-refractivity contribution in [3.05, 3.63) is 53.6 Å². The number of nitrogens with two attached hydrogens (primary N) is 1. The van der Waals surface area contributed by atoms with Crippen molar-refractivity contribution in [2.24, 2.45) is 0 Å². The Kier molecular flexibility index (Phi) is 8.07. The number of carbonyl (C=O) groups excluding carboxylic acids is 2. The van der Waals surface area contributed by atoms with Crippen LogP contribution in [0.4, 0.5) is 30.2 Å². The first-order chi connectivity index (χ1) is 19.7. The molecule has 41 heavy (non-hydrogen) atoms. The molecule has 0 saturated heterocycles. The average molecular weight is 586 g/mol. The van der Waals surface area contributed by atoms with Crippen molar-refractivity contribution >= 4 is 39.9 Å². The van der Waals surface area contributed by atoms with Crippen LogP contribution in [0.1, 0.15) is 36.0 Å². The highest BCUT2D eigenvalue weighted by Crippen LogP contribution is 2.36. The van der Waals surface area contributed by atoms with Crippen LogP contribution >= 0.6 is 11.3 Å². The minimum Gasteiger partial charge on any atom is -0.497 e. The fourth-order valence-electron chi connectivity index (χ4n) is 4.28. The predicted molar refractivity (Wildman–Crippen MR) is 147 cm³/mol. The number of urea groups is 1. The molecule has 3 amide bonds. The first-order valence-corrected chi connectivity index (χ1v) is 13.3. The van der Waals surface area contributed by atoms with Gasteiger partial charge in [0.05, 0.1) is 24.5 Å². The van der Waals surface area contributed by atoms with Gasteiger partial charge in [-0.2, -0.15) is 4.98 Å². The molecule has 1 aliphatic carbocycles. The molecule has 5 rings (SSSR count). The van der Waals surface area contributed by atoms with Gasteiger partial charge >= 0.3 is 6.03 Å². The summed E-state index contributed by atoms with van der Waals surface area (Å²) in [6.45, 7) is 0. The number of carbonyl (C=O) groups is 2. The number of ether oxygens (including phenoxy) is 1. The molecule has 2 aromatic carbocycles. The number of aliphatic hydroxyl groups excluding tert-OH is 1. The Morgan fingerprint density at radius 2 is 1.88 bits per heavy atom. The van der Waals surface area contributed by atoms with E-state index in [-0.39, 0.29) is 56.5 Å². The summed E-state index contributed by atoms with van der Waals surface area (Å²) < 4.78 is 39.6. The van der Waals surface area contributed by atoms with Gasteiger partial charge in [0, 0.05) is 17.7 Å². The molecule has 4 aromatic rings. The normalized spacial score (nSPS) is 16.7. The lowest BCUT2D eigenvalue weighted by Gasteiger charge is -2.25. The Morgan fingerprint density at radius 3 is 2.63 bits per heavy atom. The summed E-state index contributed by atoms with van der Waals surface area (Å²) in [7, 11) is 1.45. The third-order valence-corrected chi connectivity index (χ3v) is 7.38. The zero-order valence-corrected chi connectivity index (χ0v) is 22.4. The van der Waals surface area contributed by atoms with Crippen molar-refractivity contribution in [1.82, 2.24) is 20.4 Å². The van der Waals surface area contributed by atoms with Crippen LogP contribution in [0.15, 0.2) is 40.9 Å². The van der Waals surface area contributed by atoms with Crippen molar-refractivity contribution in [2.75, 3.05) is 23.5 Å². The number of hydrogen-bond acceptors (Lipinski definition) is 10. The molecule has 0 radical (unpaired) electrons. The van der Waals surface area contributed by atoms with Crippen LogP contribution in [0.2, 0.25) is 0 Å². The molecule has 214 valence electrons. The summed E-state index contributed by atoms with van der Waals surface area (Å²) in [6, 6.07) is 7.34. The highest BCUT2D eigenvalue weighted by molar-refractivity contribution is 7.19. The Morgan fingerprint density at radius 1 is 1.10 bits per heavy atom. The molecule has 12 nitrogen and oxygen atoms in total. The molecule has 1 saturated carbocycles. The van der Waals surface area contributed by atoms with E-state index in [0.717, 1.165) is 17.4 Å². The molecule has 0 aliphatic heterocycles. The maximum atomic E-state index is 14.7. The molecule has 1 fully saturated rings. The number of amides is 3. The summed E-state index contributed by atoms with van der Waals surface area (Å²) in [6.07, 6.45) is 2.21. The number of thiazole rings is 1. The molecule has 0 spiro atoms. The third kappa shape index (κ3) is 6.41. The number of aliphatic hydroxyl groups is 1. The van der Waals surface area contributed by atoms with Crippen LogP contribution in [-0.4, -0.2) is 51.4 Å². The minimum absolute atomic E-state index is 0.00731. The molecule has 2 heterocycles. The SMILES string of the molecule is COc1cccc(C(=O)Nc2cc(-c3noc(-c4sc(NC(=O)NC5CCC(O)CC5)nc4N)n3)c(F)cc2F)c1. The standard InChI is InChI=1S/C26H25F2N7O5S/c1-39-15-4-2-3-12(9-15)23(37)31-19-10-16(17(27)11-18(19)28)22-33-24(40-35-22)20-21(29)32-26(41-20)34-25(38)30-13-5-7-14(36)8-6-13/h2-4,9-11,13-14,36H,5-8,29H2,1H3,(H,31,37)(H2,30,32,34,38). The number of nitrogens with one attached hydrogen (secondary N) is 3. The summed E-state index contributed by atoms with van der Waals surface area (Å²) in [4.78, 5) is 33.5. The smallest absolute Gasteiger partial charge is 0.321 e. The van der Waals surface area contributed by atoms with Crippen LogP contribution < -0.4 is 26.4 Å². The molecular weight excluding hydrogens is 560 g/mol. The number of aromatic nitrogens is 3. The second-order valence-corrected chi connectivity index (χ2v) is 10.3. The van der Waals surface area contributed by atoms with Gasteiger partial charge in [0.25, 0.3) is 11.8 Å². The van der Waals surface area contributed by atoms with Gasteiger partial charge in [0.1, 0.15) is 28.1 Å². The van der Waals surface area contributed by atoms with E-state index in [1.54, 1.807) is 12.1 Å². The van der Waals surface area contributed by atoms with Gasteiger partial charge < -0.3 is 30.7 Å². The fraction of sp³-hybridized carbons (Fsp3) is 0.269. The third-order valence-electron chi connectivity index (χ3n) is 6.40. The number of rotatable bonds is 7. The Labute approximate surface area is 235 Å². The first kappa shape index (κ1) is 27.9. The van der Waals surface area contributed by atoms with Crippen LogP contribution in [0.5, 0.6) is 5.75 Å². The van der Waals surface area contributed by atoms with Gasteiger partial charge in [0.2, 0.25) is 5.82 Å². The number of nitrogens with zero attached hydrogens (tertiary/aromatic N) is 3. The van der Waals surface area contributed by atoms with Gasteiger partial charge in [-0.25, -0.2) is 18.6 Å². The molecule has 0 unspecified atom stereocenters. The Balaban J connectivity index is 1.31. The van der Waals surface area contributed by atoms with Crippen molar-refractivity contribution < 1.29 is 32.7 Å². The summed E-state index contributed by atoms with van der Waals surface area (Å²) in [5.74, 6) is -2.53. The lowest BCUT2D eigenvalue weighted by atomic mass is 9.93. The highest BCUT2D eigenvalue weighted by Gasteiger charge is 2.24. The van der Waals surface area contributed by atoms with Crippen molar-refractivity contribution in [3.63, 3.8) is 0 Å². The van der Waals surface area contributed by atoms with Gasteiger partial charge in [-0.1, -0.05) is 22.6 Å². The summed E-state index contributed by atoms with van der Waals surface area (Å²) in [5, 5.41) is 21.4. The quantitative estimate of drug-likeness (QED) is 0.210. The van der Waals surface area contributed by atoms with Gasteiger partial charge in [-0.05, 0) is 49.9 Å². The fourth-order valence-corrected chi connectivity index (χ4v) is 5.08. The van der Waals surface area contributed by atoms with Gasteiger partial charge in [-0.15, -0.1) is 0 Å².